The molecule has 1 aliphatic heterocycles. The molecule has 1 unspecified atom stereocenters. The van der Waals surface area contributed by atoms with Gasteiger partial charge in [-0.15, -0.1) is 0 Å². The topological polar surface area (TPSA) is 75.3 Å². The molecule has 1 amide bonds. The molecule has 1 aliphatic rings. The minimum atomic E-state index is -0.236. The van der Waals surface area contributed by atoms with E-state index in [4.69, 9.17) is 4.74 Å². The molecule has 0 aliphatic carbocycles. The van der Waals surface area contributed by atoms with Gasteiger partial charge in [-0.05, 0) is 38.8 Å². The highest BCUT2D eigenvalue weighted by Gasteiger charge is 2.31. The normalized spacial score (nSPS) is 18.2. The van der Waals surface area contributed by atoms with Crippen LogP contribution in [0, 0.1) is 12.8 Å². The van der Waals surface area contributed by atoms with Crippen molar-refractivity contribution < 1.29 is 14.3 Å². The number of ether oxygens (including phenoxy) is 1. The molecular formula is C17H21N3O3. The first-order chi connectivity index (χ1) is 11.1. The van der Waals surface area contributed by atoms with E-state index in [-0.39, 0.29) is 17.8 Å². The molecular weight excluding hydrogens is 294 g/mol. The Kier molecular flexibility index (Phi) is 4.32. The first-order valence-electron chi connectivity index (χ1n) is 8.00. The fourth-order valence-electron chi connectivity index (χ4n) is 3.05. The zero-order chi connectivity index (χ0) is 16.4. The molecule has 6 nitrogen and oxygen atoms in total. The van der Waals surface area contributed by atoms with E-state index in [1.54, 1.807) is 11.8 Å². The number of esters is 1. The van der Waals surface area contributed by atoms with Gasteiger partial charge in [0.1, 0.15) is 0 Å². The number of nitrogens with one attached hydrogen (secondary N) is 1. The van der Waals surface area contributed by atoms with Crippen molar-refractivity contribution in [1.29, 1.82) is 0 Å². The van der Waals surface area contributed by atoms with Crippen LogP contribution in [0.4, 0.5) is 0 Å². The average molecular weight is 315 g/mol. The zero-order valence-electron chi connectivity index (χ0n) is 13.5. The Morgan fingerprint density at radius 2 is 2.26 bits per heavy atom. The number of aromatic amines is 1. The summed E-state index contributed by atoms with van der Waals surface area (Å²) in [5.41, 5.74) is 2.35. The van der Waals surface area contributed by atoms with Crippen LogP contribution in [0.15, 0.2) is 18.2 Å². The Bertz CT molecular complexity index is 738. The number of benzene rings is 1. The summed E-state index contributed by atoms with van der Waals surface area (Å²) in [6.07, 6.45) is 1.57. The van der Waals surface area contributed by atoms with Crippen molar-refractivity contribution in [3.05, 3.63) is 29.5 Å². The second kappa shape index (κ2) is 6.40. The molecule has 122 valence electrons. The fourth-order valence-corrected chi connectivity index (χ4v) is 3.05. The number of likely N-dealkylation sites (tertiary alicyclic amines) is 1. The van der Waals surface area contributed by atoms with Crippen LogP contribution in [0.25, 0.3) is 10.9 Å². The van der Waals surface area contributed by atoms with E-state index in [9.17, 15) is 9.59 Å². The number of hydrogen-bond acceptors (Lipinski definition) is 4. The minimum absolute atomic E-state index is 0.129. The summed E-state index contributed by atoms with van der Waals surface area (Å²) < 4.78 is 5.09. The Morgan fingerprint density at radius 3 is 3.04 bits per heavy atom. The van der Waals surface area contributed by atoms with Gasteiger partial charge >= 0.3 is 5.97 Å². The Morgan fingerprint density at radius 1 is 1.43 bits per heavy atom. The lowest BCUT2D eigenvalue weighted by atomic mass is 9.97. The number of piperidine rings is 1. The van der Waals surface area contributed by atoms with Crippen molar-refractivity contribution in [1.82, 2.24) is 15.1 Å². The summed E-state index contributed by atoms with van der Waals surface area (Å²) >= 11 is 0. The molecule has 23 heavy (non-hydrogen) atoms. The summed E-state index contributed by atoms with van der Waals surface area (Å²) in [6, 6.07) is 5.86. The zero-order valence-corrected chi connectivity index (χ0v) is 13.5. The van der Waals surface area contributed by atoms with Crippen LogP contribution in [0.1, 0.15) is 35.8 Å². The second-order valence-electron chi connectivity index (χ2n) is 5.96. The second-order valence-corrected chi connectivity index (χ2v) is 5.96. The van der Waals surface area contributed by atoms with Crippen molar-refractivity contribution in [3.63, 3.8) is 0 Å². The van der Waals surface area contributed by atoms with Gasteiger partial charge in [-0.3, -0.25) is 14.7 Å². The summed E-state index contributed by atoms with van der Waals surface area (Å²) in [6.45, 7) is 5.19. The van der Waals surface area contributed by atoms with Crippen LogP contribution in [0.2, 0.25) is 0 Å². The van der Waals surface area contributed by atoms with E-state index < -0.39 is 0 Å². The van der Waals surface area contributed by atoms with Gasteiger partial charge in [0.25, 0.3) is 5.91 Å². The van der Waals surface area contributed by atoms with Crippen LogP contribution in [0.3, 0.4) is 0 Å². The molecule has 0 spiro atoms. The molecule has 0 radical (unpaired) electrons. The summed E-state index contributed by atoms with van der Waals surface area (Å²) in [5, 5.41) is 7.91. The van der Waals surface area contributed by atoms with Crippen LogP contribution >= 0.6 is 0 Å². The lowest BCUT2D eigenvalue weighted by Crippen LogP contribution is -2.43. The predicted octanol–water partition coefficient (Wildman–Crippen LogP) is 2.29. The van der Waals surface area contributed by atoms with Gasteiger partial charge in [0.2, 0.25) is 0 Å². The van der Waals surface area contributed by atoms with Gasteiger partial charge in [-0.2, -0.15) is 5.10 Å². The maximum absolute atomic E-state index is 12.8. The van der Waals surface area contributed by atoms with Gasteiger partial charge in [0, 0.05) is 18.5 Å². The lowest BCUT2D eigenvalue weighted by molar-refractivity contribution is -0.149. The molecule has 1 fully saturated rings. The number of aryl methyl sites for hydroxylation is 1. The quantitative estimate of drug-likeness (QED) is 0.882. The number of amides is 1. The predicted molar refractivity (Wildman–Crippen MR) is 86.1 cm³/mol. The molecule has 1 N–H and O–H groups in total. The highest BCUT2D eigenvalue weighted by Crippen LogP contribution is 2.23. The third-order valence-electron chi connectivity index (χ3n) is 4.25. The van der Waals surface area contributed by atoms with Crippen molar-refractivity contribution in [2.24, 2.45) is 5.92 Å². The van der Waals surface area contributed by atoms with Crippen molar-refractivity contribution in [3.8, 4) is 0 Å². The van der Waals surface area contributed by atoms with Crippen molar-refractivity contribution >= 4 is 22.8 Å². The summed E-state index contributed by atoms with van der Waals surface area (Å²) in [7, 11) is 0. The molecule has 1 atom stereocenters. The van der Waals surface area contributed by atoms with E-state index in [0.717, 1.165) is 29.3 Å². The highest BCUT2D eigenvalue weighted by molar-refractivity contribution is 6.05. The molecule has 6 heteroatoms. The van der Waals surface area contributed by atoms with Crippen LogP contribution < -0.4 is 0 Å². The van der Waals surface area contributed by atoms with E-state index in [2.05, 4.69) is 10.2 Å². The molecule has 1 aromatic heterocycles. The van der Waals surface area contributed by atoms with Gasteiger partial charge in [-0.1, -0.05) is 11.6 Å². The van der Waals surface area contributed by atoms with Crippen LogP contribution in [0.5, 0.6) is 0 Å². The van der Waals surface area contributed by atoms with Crippen LogP contribution in [-0.4, -0.2) is 46.7 Å². The largest absolute Gasteiger partial charge is 0.466 e. The number of hydrogen-bond donors (Lipinski definition) is 1. The van der Waals surface area contributed by atoms with Crippen molar-refractivity contribution in [2.75, 3.05) is 19.7 Å². The monoisotopic (exact) mass is 315 g/mol. The molecule has 0 saturated carbocycles. The number of aromatic nitrogens is 2. The van der Waals surface area contributed by atoms with Gasteiger partial charge in [0.05, 0.1) is 18.0 Å². The number of rotatable bonds is 3. The number of H-pyrrole nitrogens is 1. The number of fused-ring (bicyclic) bond motifs is 1. The maximum atomic E-state index is 12.8. The van der Waals surface area contributed by atoms with Crippen LogP contribution in [-0.2, 0) is 9.53 Å². The summed E-state index contributed by atoms with van der Waals surface area (Å²) in [5.74, 6) is -0.580. The molecule has 0 bridgehead atoms. The Balaban J connectivity index is 1.81. The fraction of sp³-hybridized carbons (Fsp3) is 0.471. The first kappa shape index (κ1) is 15.5. The molecule has 3 rings (SSSR count). The third kappa shape index (κ3) is 3.06. The standard InChI is InChI=1S/C17H21N3O3/c1-3-23-17(22)12-5-4-8-20(10-12)16(21)15-13-9-11(2)6-7-14(13)18-19-15/h6-7,9,12H,3-5,8,10H2,1-2H3,(H,18,19). The first-order valence-corrected chi connectivity index (χ1v) is 8.00. The highest BCUT2D eigenvalue weighted by atomic mass is 16.5. The Hall–Kier alpha value is -2.37. The van der Waals surface area contributed by atoms with Gasteiger partial charge < -0.3 is 9.64 Å². The number of carbonyl (C=O) groups is 2. The minimum Gasteiger partial charge on any atom is -0.466 e. The van der Waals surface area contributed by atoms with Gasteiger partial charge in [-0.25, -0.2) is 0 Å². The Labute approximate surface area is 134 Å². The SMILES string of the molecule is CCOC(=O)C1CCCN(C(=O)c2n[nH]c3ccc(C)cc23)C1. The van der Waals surface area contributed by atoms with E-state index in [1.165, 1.54) is 0 Å². The number of carbonyl (C=O) groups excluding carboxylic acids is 2. The van der Waals surface area contributed by atoms with E-state index >= 15 is 0 Å². The lowest BCUT2D eigenvalue weighted by Gasteiger charge is -2.31. The smallest absolute Gasteiger partial charge is 0.310 e. The maximum Gasteiger partial charge on any atom is 0.310 e. The molecule has 1 aromatic carbocycles. The third-order valence-corrected chi connectivity index (χ3v) is 4.25. The van der Waals surface area contributed by atoms with Crippen molar-refractivity contribution in [2.45, 2.75) is 26.7 Å². The molecule has 1 saturated heterocycles. The average Bonchev–Trinajstić information content (AvgIpc) is 2.97. The molecule has 2 heterocycles. The van der Waals surface area contributed by atoms with E-state index in [1.807, 2.05) is 25.1 Å². The molecule has 2 aromatic rings. The van der Waals surface area contributed by atoms with Gasteiger partial charge in [0.15, 0.2) is 5.69 Å². The number of nitrogens with zero attached hydrogens (tertiary/aromatic N) is 2. The summed E-state index contributed by atoms with van der Waals surface area (Å²) in [4.78, 5) is 26.4. The van der Waals surface area contributed by atoms with E-state index in [0.29, 0.717) is 25.4 Å².